The number of carbonyl (C=O) groups excluding carboxylic acids is 1. The van der Waals surface area contributed by atoms with Gasteiger partial charge in [-0.1, -0.05) is 0 Å². The Labute approximate surface area is 83.5 Å². The first-order valence-electron chi connectivity index (χ1n) is 4.44. The molecule has 0 aliphatic rings. The lowest BCUT2D eigenvalue weighted by atomic mass is 10.2. The van der Waals surface area contributed by atoms with E-state index < -0.39 is 0 Å². The molecule has 0 aliphatic carbocycles. The number of fused-ring (bicyclic) bond motifs is 3. The van der Waals surface area contributed by atoms with Crippen molar-refractivity contribution < 1.29 is 13.6 Å². The second kappa shape index (κ2) is 2.70. The van der Waals surface area contributed by atoms with Gasteiger partial charge >= 0.3 is 0 Å². The number of furan rings is 1. The van der Waals surface area contributed by atoms with E-state index in [-0.39, 0.29) is 5.82 Å². The minimum atomic E-state index is -0.326. The Morgan fingerprint density at radius 1 is 1.27 bits per heavy atom. The SMILES string of the molecule is O=Cc1cc2oc3ccc(F)cc3c2[nH]1. The minimum Gasteiger partial charge on any atom is -0.454 e. The van der Waals surface area contributed by atoms with Crippen LogP contribution in [0.2, 0.25) is 0 Å². The average Bonchev–Trinajstić information content (AvgIpc) is 2.75. The predicted molar refractivity (Wildman–Crippen MR) is 53.4 cm³/mol. The molecular weight excluding hydrogens is 197 g/mol. The van der Waals surface area contributed by atoms with Gasteiger partial charge in [0, 0.05) is 11.5 Å². The number of hydrogen-bond acceptors (Lipinski definition) is 2. The molecule has 0 spiro atoms. The van der Waals surface area contributed by atoms with Gasteiger partial charge in [-0.05, 0) is 18.2 Å². The second-order valence-electron chi connectivity index (χ2n) is 3.32. The molecule has 0 atom stereocenters. The standard InChI is InChI=1S/C11H6FNO2/c12-6-1-2-9-8(3-6)11-10(15-9)4-7(5-14)13-11/h1-5,13H. The van der Waals surface area contributed by atoms with Crippen molar-refractivity contribution >= 4 is 28.4 Å². The second-order valence-corrected chi connectivity index (χ2v) is 3.32. The molecule has 2 heterocycles. The molecule has 3 nitrogen and oxygen atoms in total. The van der Waals surface area contributed by atoms with Crippen LogP contribution in [0.25, 0.3) is 22.1 Å². The quantitative estimate of drug-likeness (QED) is 0.618. The van der Waals surface area contributed by atoms with Crippen LogP contribution in [0.15, 0.2) is 28.7 Å². The molecule has 15 heavy (non-hydrogen) atoms. The summed E-state index contributed by atoms with van der Waals surface area (Å²) in [6, 6.07) is 5.89. The zero-order chi connectivity index (χ0) is 10.4. The Balaban J connectivity index is 2.47. The molecule has 0 aliphatic heterocycles. The first kappa shape index (κ1) is 8.23. The molecule has 4 heteroatoms. The molecule has 3 rings (SSSR count). The van der Waals surface area contributed by atoms with Crippen LogP contribution in [0.4, 0.5) is 4.39 Å². The van der Waals surface area contributed by atoms with Gasteiger partial charge < -0.3 is 9.40 Å². The number of nitrogens with one attached hydrogen (secondary N) is 1. The summed E-state index contributed by atoms with van der Waals surface area (Å²) in [5, 5.41) is 0.651. The minimum absolute atomic E-state index is 0.326. The summed E-state index contributed by atoms with van der Waals surface area (Å²) >= 11 is 0. The number of hydrogen-bond donors (Lipinski definition) is 1. The normalized spacial score (nSPS) is 11.3. The maximum Gasteiger partial charge on any atom is 0.166 e. The van der Waals surface area contributed by atoms with E-state index in [9.17, 15) is 9.18 Å². The Morgan fingerprint density at radius 3 is 2.93 bits per heavy atom. The van der Waals surface area contributed by atoms with Crippen LogP contribution in [0.1, 0.15) is 10.5 Å². The molecule has 0 saturated carbocycles. The van der Waals surface area contributed by atoms with Crippen LogP contribution < -0.4 is 0 Å². The molecule has 0 radical (unpaired) electrons. The molecule has 0 unspecified atom stereocenters. The van der Waals surface area contributed by atoms with Gasteiger partial charge in [0.1, 0.15) is 11.4 Å². The van der Waals surface area contributed by atoms with Gasteiger partial charge in [0.15, 0.2) is 11.9 Å². The topological polar surface area (TPSA) is 46.0 Å². The van der Waals surface area contributed by atoms with Gasteiger partial charge in [-0.25, -0.2) is 4.39 Å². The summed E-state index contributed by atoms with van der Waals surface area (Å²) in [4.78, 5) is 13.4. The smallest absolute Gasteiger partial charge is 0.166 e. The molecular formula is C11H6FNO2. The van der Waals surface area contributed by atoms with E-state index >= 15 is 0 Å². The molecule has 1 N–H and O–H groups in total. The van der Waals surface area contributed by atoms with Crippen molar-refractivity contribution in [1.29, 1.82) is 0 Å². The number of carbonyl (C=O) groups is 1. The monoisotopic (exact) mass is 203 g/mol. The van der Waals surface area contributed by atoms with Crippen LogP contribution in [-0.4, -0.2) is 11.3 Å². The van der Waals surface area contributed by atoms with Crippen molar-refractivity contribution in [2.24, 2.45) is 0 Å². The summed E-state index contributed by atoms with van der Waals surface area (Å²) in [5.74, 6) is -0.326. The lowest BCUT2D eigenvalue weighted by Crippen LogP contribution is -1.77. The van der Waals surface area contributed by atoms with E-state index in [2.05, 4.69) is 4.98 Å². The van der Waals surface area contributed by atoms with Crippen LogP contribution in [-0.2, 0) is 0 Å². The first-order valence-corrected chi connectivity index (χ1v) is 4.44. The van der Waals surface area contributed by atoms with Crippen molar-refractivity contribution in [2.75, 3.05) is 0 Å². The fourth-order valence-corrected chi connectivity index (χ4v) is 1.70. The van der Waals surface area contributed by atoms with Gasteiger partial charge in [0.05, 0.1) is 11.2 Å². The number of benzene rings is 1. The highest BCUT2D eigenvalue weighted by molar-refractivity contribution is 6.04. The highest BCUT2D eigenvalue weighted by Gasteiger charge is 2.10. The number of rotatable bonds is 1. The number of halogens is 1. The van der Waals surface area contributed by atoms with Crippen LogP contribution in [0.5, 0.6) is 0 Å². The lowest BCUT2D eigenvalue weighted by Gasteiger charge is -1.88. The third kappa shape index (κ3) is 1.08. The molecule has 0 amide bonds. The lowest BCUT2D eigenvalue weighted by molar-refractivity contribution is 0.111. The molecule has 0 bridgehead atoms. The maximum absolute atomic E-state index is 13.0. The number of H-pyrrole nitrogens is 1. The number of aromatic nitrogens is 1. The zero-order valence-electron chi connectivity index (χ0n) is 7.58. The molecule has 0 fully saturated rings. The van der Waals surface area contributed by atoms with E-state index in [1.54, 1.807) is 12.1 Å². The van der Waals surface area contributed by atoms with Crippen molar-refractivity contribution in [3.05, 3.63) is 35.8 Å². The third-order valence-corrected chi connectivity index (χ3v) is 2.36. The predicted octanol–water partition coefficient (Wildman–Crippen LogP) is 2.87. The van der Waals surface area contributed by atoms with E-state index in [1.165, 1.54) is 12.1 Å². The molecule has 1 aromatic carbocycles. The molecule has 3 aromatic rings. The fraction of sp³-hybridized carbons (Fsp3) is 0. The van der Waals surface area contributed by atoms with Crippen molar-refractivity contribution in [2.45, 2.75) is 0 Å². The van der Waals surface area contributed by atoms with Gasteiger partial charge in [-0.3, -0.25) is 4.79 Å². The van der Waals surface area contributed by atoms with Crippen LogP contribution >= 0.6 is 0 Å². The Bertz CT molecular complexity index is 666. The highest BCUT2D eigenvalue weighted by Crippen LogP contribution is 2.28. The van der Waals surface area contributed by atoms with Crippen molar-refractivity contribution in [1.82, 2.24) is 4.98 Å². The van der Waals surface area contributed by atoms with Crippen molar-refractivity contribution in [3.8, 4) is 0 Å². The van der Waals surface area contributed by atoms with E-state index in [0.29, 0.717) is 34.0 Å². The largest absolute Gasteiger partial charge is 0.454 e. The fourth-order valence-electron chi connectivity index (χ4n) is 1.70. The molecule has 2 aromatic heterocycles. The van der Waals surface area contributed by atoms with Gasteiger partial charge in [0.25, 0.3) is 0 Å². The zero-order valence-corrected chi connectivity index (χ0v) is 7.58. The molecule has 0 saturated heterocycles. The van der Waals surface area contributed by atoms with E-state index in [4.69, 9.17) is 4.42 Å². The summed E-state index contributed by atoms with van der Waals surface area (Å²) in [6.45, 7) is 0. The Hall–Kier alpha value is -2.10. The van der Waals surface area contributed by atoms with Gasteiger partial charge in [0.2, 0.25) is 0 Å². The Kier molecular flexibility index (Phi) is 1.48. The first-order chi connectivity index (χ1) is 7.28. The van der Waals surface area contributed by atoms with Crippen molar-refractivity contribution in [3.63, 3.8) is 0 Å². The van der Waals surface area contributed by atoms with E-state index in [0.717, 1.165) is 0 Å². The number of aldehydes is 1. The summed E-state index contributed by atoms with van der Waals surface area (Å²) < 4.78 is 18.4. The van der Waals surface area contributed by atoms with Crippen LogP contribution in [0.3, 0.4) is 0 Å². The summed E-state index contributed by atoms with van der Waals surface area (Å²) in [6.07, 6.45) is 0.695. The summed E-state index contributed by atoms with van der Waals surface area (Å²) in [7, 11) is 0. The van der Waals surface area contributed by atoms with E-state index in [1.807, 2.05) is 0 Å². The summed E-state index contributed by atoms with van der Waals surface area (Å²) in [5.41, 5.74) is 2.26. The third-order valence-electron chi connectivity index (χ3n) is 2.36. The molecule has 74 valence electrons. The highest BCUT2D eigenvalue weighted by atomic mass is 19.1. The van der Waals surface area contributed by atoms with Crippen LogP contribution in [0, 0.1) is 5.82 Å². The van der Waals surface area contributed by atoms with Gasteiger partial charge in [-0.2, -0.15) is 0 Å². The maximum atomic E-state index is 13.0. The average molecular weight is 203 g/mol. The van der Waals surface area contributed by atoms with Gasteiger partial charge in [-0.15, -0.1) is 0 Å². The number of aromatic amines is 1. The Morgan fingerprint density at radius 2 is 2.13 bits per heavy atom.